The molecule has 5 nitrogen and oxygen atoms in total. The number of nitrogens with two attached hydrogens (primary N) is 1. The number of likely N-dealkylation sites (tertiary alicyclic amines) is 1. The van der Waals surface area contributed by atoms with Gasteiger partial charge in [0.05, 0.1) is 24.0 Å². The fourth-order valence-electron chi connectivity index (χ4n) is 2.83. The summed E-state index contributed by atoms with van der Waals surface area (Å²) < 4.78 is 5.52. The van der Waals surface area contributed by atoms with E-state index in [-0.39, 0.29) is 41.9 Å². The van der Waals surface area contributed by atoms with Crippen LogP contribution in [0.15, 0.2) is 12.2 Å². The van der Waals surface area contributed by atoms with E-state index in [1.807, 2.05) is 12.2 Å². The lowest BCUT2D eigenvalue weighted by atomic mass is 9.85. The first kappa shape index (κ1) is 9.99. The second-order valence-corrected chi connectivity index (χ2v) is 4.77. The summed E-state index contributed by atoms with van der Waals surface area (Å²) in [7, 11) is 0. The van der Waals surface area contributed by atoms with Crippen LogP contribution in [0.4, 0.5) is 0 Å². The topological polar surface area (TPSA) is 72.6 Å². The first-order chi connectivity index (χ1) is 7.59. The van der Waals surface area contributed by atoms with E-state index in [4.69, 9.17) is 10.5 Å². The molecule has 2 N–H and O–H groups in total. The highest BCUT2D eigenvalue weighted by Crippen LogP contribution is 2.44. The summed E-state index contributed by atoms with van der Waals surface area (Å²) in [4.78, 5) is 25.4. The summed E-state index contributed by atoms with van der Waals surface area (Å²) in [6.07, 6.45) is 3.35. The molecule has 2 amide bonds. The number of rotatable bonds is 2. The molecule has 3 heterocycles. The van der Waals surface area contributed by atoms with Crippen molar-refractivity contribution >= 4 is 11.8 Å². The highest BCUT2D eigenvalue weighted by atomic mass is 16.5. The predicted molar refractivity (Wildman–Crippen MR) is 55.2 cm³/mol. The van der Waals surface area contributed by atoms with Crippen molar-refractivity contribution in [2.45, 2.75) is 25.2 Å². The first-order valence-electron chi connectivity index (χ1n) is 5.54. The Labute approximate surface area is 93.2 Å². The fourth-order valence-corrected chi connectivity index (χ4v) is 2.83. The maximum absolute atomic E-state index is 12.1. The van der Waals surface area contributed by atoms with Crippen molar-refractivity contribution in [2.75, 3.05) is 6.54 Å². The number of carbonyl (C=O) groups is 2. The largest absolute Gasteiger partial charge is 0.365 e. The van der Waals surface area contributed by atoms with Gasteiger partial charge in [0.1, 0.15) is 0 Å². The van der Waals surface area contributed by atoms with Crippen molar-refractivity contribution in [1.82, 2.24) is 4.90 Å². The van der Waals surface area contributed by atoms with Crippen molar-refractivity contribution in [3.63, 3.8) is 0 Å². The minimum Gasteiger partial charge on any atom is -0.365 e. The fraction of sp³-hybridized carbons (Fsp3) is 0.636. The van der Waals surface area contributed by atoms with Gasteiger partial charge in [-0.2, -0.15) is 0 Å². The van der Waals surface area contributed by atoms with Gasteiger partial charge in [0.25, 0.3) is 0 Å². The predicted octanol–water partition coefficient (Wildman–Crippen LogP) is -0.728. The molecule has 2 bridgehead atoms. The summed E-state index contributed by atoms with van der Waals surface area (Å²) in [5, 5.41) is 0. The van der Waals surface area contributed by atoms with Gasteiger partial charge in [0, 0.05) is 12.6 Å². The molecule has 3 rings (SSSR count). The first-order valence-corrected chi connectivity index (χ1v) is 5.54. The van der Waals surface area contributed by atoms with Crippen LogP contribution in [0.25, 0.3) is 0 Å². The summed E-state index contributed by atoms with van der Waals surface area (Å²) in [6.45, 7) is 2.10. The lowest BCUT2D eigenvalue weighted by Crippen LogP contribution is -2.41. The Balaban J connectivity index is 1.89. The minimum absolute atomic E-state index is 0.121. The molecule has 0 aliphatic carbocycles. The van der Waals surface area contributed by atoms with Crippen LogP contribution >= 0.6 is 0 Å². The number of hydrogen-bond acceptors (Lipinski definition) is 4. The van der Waals surface area contributed by atoms with Crippen LogP contribution < -0.4 is 5.73 Å². The molecule has 0 aromatic heterocycles. The third kappa shape index (κ3) is 1.13. The number of nitrogens with zero attached hydrogens (tertiary/aromatic N) is 1. The van der Waals surface area contributed by atoms with Gasteiger partial charge in [-0.25, -0.2) is 0 Å². The number of imide groups is 1. The third-order valence-corrected chi connectivity index (χ3v) is 3.47. The number of ether oxygens (including phenoxy) is 1. The molecule has 3 aliphatic heterocycles. The van der Waals surface area contributed by atoms with Gasteiger partial charge < -0.3 is 10.5 Å². The average Bonchev–Trinajstić information content (AvgIpc) is 2.87. The number of carbonyl (C=O) groups excluding carboxylic acids is 2. The number of amides is 2. The number of hydrogen-bond donors (Lipinski definition) is 1. The monoisotopic (exact) mass is 222 g/mol. The van der Waals surface area contributed by atoms with Crippen molar-refractivity contribution in [2.24, 2.45) is 17.6 Å². The second kappa shape index (κ2) is 3.15. The van der Waals surface area contributed by atoms with E-state index in [0.717, 1.165) is 0 Å². The molecule has 0 radical (unpaired) electrons. The summed E-state index contributed by atoms with van der Waals surface area (Å²) in [6, 6.07) is -0.182. The van der Waals surface area contributed by atoms with Gasteiger partial charge in [-0.15, -0.1) is 0 Å². The van der Waals surface area contributed by atoms with E-state index in [1.54, 1.807) is 6.92 Å². The van der Waals surface area contributed by atoms with Gasteiger partial charge in [-0.1, -0.05) is 12.2 Å². The van der Waals surface area contributed by atoms with Crippen LogP contribution in [-0.4, -0.2) is 41.5 Å². The smallest absolute Gasteiger partial charge is 0.236 e. The van der Waals surface area contributed by atoms with Gasteiger partial charge in [0.2, 0.25) is 11.8 Å². The SMILES string of the molecule is C[C@@H](N)CN1C(=O)C2C3C=CC(O3)C2C1=O. The maximum Gasteiger partial charge on any atom is 0.236 e. The summed E-state index contributed by atoms with van der Waals surface area (Å²) >= 11 is 0. The van der Waals surface area contributed by atoms with Crippen LogP contribution in [-0.2, 0) is 14.3 Å². The molecule has 0 aromatic rings. The van der Waals surface area contributed by atoms with Crippen LogP contribution in [0.2, 0.25) is 0 Å². The average molecular weight is 222 g/mol. The van der Waals surface area contributed by atoms with Gasteiger partial charge in [0.15, 0.2) is 0 Å². The molecule has 0 aromatic carbocycles. The second-order valence-electron chi connectivity index (χ2n) is 4.77. The van der Waals surface area contributed by atoms with E-state index in [9.17, 15) is 9.59 Å². The summed E-state index contributed by atoms with van der Waals surface area (Å²) in [5.74, 6) is -0.851. The van der Waals surface area contributed by atoms with Crippen LogP contribution in [0.5, 0.6) is 0 Å². The zero-order valence-electron chi connectivity index (χ0n) is 9.00. The van der Waals surface area contributed by atoms with Crippen molar-refractivity contribution < 1.29 is 14.3 Å². The van der Waals surface area contributed by atoms with Crippen molar-refractivity contribution in [3.05, 3.63) is 12.2 Å². The van der Waals surface area contributed by atoms with Gasteiger partial charge in [-0.3, -0.25) is 14.5 Å². The Morgan fingerprint density at radius 1 is 1.31 bits per heavy atom. The Bertz CT molecular complexity index is 361. The Morgan fingerprint density at radius 2 is 1.81 bits per heavy atom. The van der Waals surface area contributed by atoms with E-state index in [2.05, 4.69) is 0 Å². The van der Waals surface area contributed by atoms with Crippen LogP contribution in [0.1, 0.15) is 6.92 Å². The highest BCUT2D eigenvalue weighted by molar-refractivity contribution is 6.06. The lowest BCUT2D eigenvalue weighted by Gasteiger charge is -2.19. The quantitative estimate of drug-likeness (QED) is 0.494. The Kier molecular flexibility index (Phi) is 1.96. The molecule has 2 saturated heterocycles. The molecule has 2 fully saturated rings. The van der Waals surface area contributed by atoms with Crippen molar-refractivity contribution in [3.8, 4) is 0 Å². The molecule has 5 atom stereocenters. The Morgan fingerprint density at radius 3 is 2.25 bits per heavy atom. The molecule has 0 spiro atoms. The van der Waals surface area contributed by atoms with E-state index in [1.165, 1.54) is 4.90 Å². The van der Waals surface area contributed by atoms with Crippen molar-refractivity contribution in [1.29, 1.82) is 0 Å². The third-order valence-electron chi connectivity index (χ3n) is 3.47. The Hall–Kier alpha value is -1.20. The molecular weight excluding hydrogens is 208 g/mol. The molecule has 5 heteroatoms. The molecule has 4 unspecified atom stereocenters. The van der Waals surface area contributed by atoms with Gasteiger partial charge in [-0.05, 0) is 6.92 Å². The molecule has 86 valence electrons. The maximum atomic E-state index is 12.1. The zero-order valence-corrected chi connectivity index (χ0v) is 9.00. The minimum atomic E-state index is -0.304. The normalized spacial score (nSPS) is 42.0. The molecule has 3 aliphatic rings. The molecule has 16 heavy (non-hydrogen) atoms. The standard InChI is InChI=1S/C11H14N2O3/c1-5(12)4-13-10(14)8-6-2-3-7(16-6)9(8)11(13)15/h2-3,5-9H,4,12H2,1H3/t5-,6?,7?,8?,9?/m1/s1. The van der Waals surface area contributed by atoms with E-state index >= 15 is 0 Å². The molecule has 0 saturated carbocycles. The van der Waals surface area contributed by atoms with Crippen LogP contribution in [0, 0.1) is 11.8 Å². The highest BCUT2D eigenvalue weighted by Gasteiger charge is 2.60. The van der Waals surface area contributed by atoms with Gasteiger partial charge >= 0.3 is 0 Å². The van der Waals surface area contributed by atoms with E-state index < -0.39 is 0 Å². The lowest BCUT2D eigenvalue weighted by molar-refractivity contribution is -0.142. The van der Waals surface area contributed by atoms with Crippen LogP contribution in [0.3, 0.4) is 0 Å². The molecular formula is C11H14N2O3. The summed E-state index contributed by atoms with van der Waals surface area (Å²) in [5.41, 5.74) is 5.64. The zero-order chi connectivity index (χ0) is 11.4. The van der Waals surface area contributed by atoms with E-state index in [0.29, 0.717) is 6.54 Å². The number of fused-ring (bicyclic) bond motifs is 5.